The minimum absolute atomic E-state index is 0.298. The summed E-state index contributed by atoms with van der Waals surface area (Å²) in [7, 11) is 1.46. The van der Waals surface area contributed by atoms with Gasteiger partial charge in [0, 0.05) is 24.6 Å². The molecule has 0 spiro atoms. The number of nitrogens with zero attached hydrogens (tertiary/aromatic N) is 1. The summed E-state index contributed by atoms with van der Waals surface area (Å²) in [6.07, 6.45) is -1.39. The zero-order valence-electron chi connectivity index (χ0n) is 10.2. The highest BCUT2D eigenvalue weighted by atomic mass is 16.6. The van der Waals surface area contributed by atoms with Crippen molar-refractivity contribution >= 4 is 0 Å². The molecule has 7 nitrogen and oxygen atoms in total. The minimum Gasteiger partial charge on any atom is -0.394 e. The van der Waals surface area contributed by atoms with Crippen LogP contribution < -0.4 is 5.69 Å². The van der Waals surface area contributed by atoms with E-state index in [4.69, 9.17) is 14.6 Å². The Bertz CT molecular complexity index is 475. The van der Waals surface area contributed by atoms with E-state index in [1.165, 1.54) is 13.3 Å². The number of aromatic amines is 1. The van der Waals surface area contributed by atoms with Crippen LogP contribution in [0.4, 0.5) is 0 Å². The van der Waals surface area contributed by atoms with Gasteiger partial charge in [-0.2, -0.15) is 0 Å². The van der Waals surface area contributed by atoms with Crippen LogP contribution in [0.15, 0.2) is 11.0 Å². The smallest absolute Gasteiger partial charge is 0.345 e. The summed E-state index contributed by atoms with van der Waals surface area (Å²) in [6, 6.07) is 0. The summed E-state index contributed by atoms with van der Waals surface area (Å²) in [5.74, 6) is 0. The lowest BCUT2D eigenvalue weighted by Crippen LogP contribution is -2.34. The first-order valence-electron chi connectivity index (χ1n) is 5.61. The molecule has 7 heteroatoms. The molecule has 1 saturated heterocycles. The molecule has 3 N–H and O–H groups in total. The molecule has 0 bridgehead atoms. The van der Waals surface area contributed by atoms with Crippen LogP contribution in [-0.4, -0.2) is 52.2 Å². The summed E-state index contributed by atoms with van der Waals surface area (Å²) in [5, 5.41) is 19.0. The quantitative estimate of drug-likeness (QED) is 0.633. The maximum Gasteiger partial charge on any atom is 0.345 e. The van der Waals surface area contributed by atoms with Gasteiger partial charge in [-0.3, -0.25) is 0 Å². The second kappa shape index (κ2) is 5.15. The second-order valence-electron chi connectivity index (χ2n) is 4.24. The Hall–Kier alpha value is -1.28. The number of methoxy groups -OCH3 is 1. The summed E-state index contributed by atoms with van der Waals surface area (Å²) in [4.78, 5) is 17.3. The molecule has 1 aliphatic rings. The van der Waals surface area contributed by atoms with Crippen molar-refractivity contribution in [3.8, 4) is 0 Å². The maximum atomic E-state index is 11.1. The number of hydrogen-bond donors (Lipinski definition) is 3. The molecule has 0 radical (unpaired) electrons. The van der Waals surface area contributed by atoms with Crippen LogP contribution in [0.2, 0.25) is 0 Å². The first-order chi connectivity index (χ1) is 8.58. The molecule has 1 aromatic heterocycles. The second-order valence-corrected chi connectivity index (χ2v) is 4.24. The van der Waals surface area contributed by atoms with Gasteiger partial charge in [0.1, 0.15) is 24.4 Å². The predicted octanol–water partition coefficient (Wildman–Crippen LogP) is -1.11. The summed E-state index contributed by atoms with van der Waals surface area (Å²) in [6.45, 7) is 1.42. The fraction of sp³-hybridized carbons (Fsp3) is 0.636. The van der Waals surface area contributed by atoms with Crippen LogP contribution in [0.3, 0.4) is 0 Å². The van der Waals surface area contributed by atoms with Crippen LogP contribution in [-0.2, 0) is 9.47 Å². The number of aliphatic hydroxyl groups excluding tert-OH is 2. The van der Waals surface area contributed by atoms with Gasteiger partial charge < -0.3 is 24.7 Å². The SMILES string of the molecule is COC1C(O)[C@@H](CO)O[C@H]1c1cnc(=O)[nH]c1C. The van der Waals surface area contributed by atoms with Crippen molar-refractivity contribution in [2.24, 2.45) is 0 Å². The molecule has 4 atom stereocenters. The Kier molecular flexibility index (Phi) is 3.76. The van der Waals surface area contributed by atoms with Gasteiger partial charge in [-0.15, -0.1) is 0 Å². The van der Waals surface area contributed by atoms with Crippen LogP contribution >= 0.6 is 0 Å². The van der Waals surface area contributed by atoms with Gasteiger partial charge in [-0.05, 0) is 6.92 Å². The highest BCUT2D eigenvalue weighted by Gasteiger charge is 2.45. The number of aromatic nitrogens is 2. The van der Waals surface area contributed by atoms with Crippen molar-refractivity contribution in [1.29, 1.82) is 0 Å². The Balaban J connectivity index is 2.34. The minimum atomic E-state index is -0.920. The van der Waals surface area contributed by atoms with E-state index in [9.17, 15) is 9.90 Å². The molecule has 1 fully saturated rings. The van der Waals surface area contributed by atoms with Gasteiger partial charge in [0.05, 0.1) is 6.61 Å². The number of rotatable bonds is 3. The van der Waals surface area contributed by atoms with Gasteiger partial charge in [-0.1, -0.05) is 0 Å². The summed E-state index contributed by atoms with van der Waals surface area (Å²) < 4.78 is 10.7. The van der Waals surface area contributed by atoms with Crippen molar-refractivity contribution in [3.63, 3.8) is 0 Å². The van der Waals surface area contributed by atoms with Crippen LogP contribution in [0, 0.1) is 6.92 Å². The van der Waals surface area contributed by atoms with E-state index in [-0.39, 0.29) is 6.61 Å². The molecule has 0 saturated carbocycles. The molecule has 0 aliphatic carbocycles. The number of hydrogen-bond acceptors (Lipinski definition) is 6. The van der Waals surface area contributed by atoms with E-state index >= 15 is 0 Å². The lowest BCUT2D eigenvalue weighted by Gasteiger charge is -2.19. The topological polar surface area (TPSA) is 105 Å². The van der Waals surface area contributed by atoms with Crippen molar-refractivity contribution in [2.45, 2.75) is 31.3 Å². The molecule has 0 amide bonds. The van der Waals surface area contributed by atoms with Crippen molar-refractivity contribution in [2.75, 3.05) is 13.7 Å². The lowest BCUT2D eigenvalue weighted by molar-refractivity contribution is -0.0238. The average Bonchev–Trinajstić information content (AvgIpc) is 2.65. The Morgan fingerprint density at radius 1 is 1.61 bits per heavy atom. The monoisotopic (exact) mass is 256 g/mol. The van der Waals surface area contributed by atoms with Gasteiger partial charge in [0.15, 0.2) is 0 Å². The summed E-state index contributed by atoms with van der Waals surface area (Å²) >= 11 is 0. The largest absolute Gasteiger partial charge is 0.394 e. The molecule has 18 heavy (non-hydrogen) atoms. The number of aryl methyl sites for hydroxylation is 1. The number of aliphatic hydroxyl groups is 2. The molecule has 0 aromatic carbocycles. The molecular formula is C11H16N2O5. The zero-order valence-corrected chi connectivity index (χ0v) is 10.2. The van der Waals surface area contributed by atoms with Crippen molar-refractivity contribution < 1.29 is 19.7 Å². The van der Waals surface area contributed by atoms with E-state index < -0.39 is 30.1 Å². The average molecular weight is 256 g/mol. The van der Waals surface area contributed by atoms with Gasteiger partial charge in [0.2, 0.25) is 0 Å². The third-order valence-electron chi connectivity index (χ3n) is 3.14. The molecule has 1 aliphatic heterocycles. The van der Waals surface area contributed by atoms with Crippen LogP contribution in [0.5, 0.6) is 0 Å². The molecule has 1 aromatic rings. The predicted molar refractivity (Wildman–Crippen MR) is 61.1 cm³/mol. The van der Waals surface area contributed by atoms with Crippen LogP contribution in [0.1, 0.15) is 17.4 Å². The van der Waals surface area contributed by atoms with E-state index in [2.05, 4.69) is 9.97 Å². The lowest BCUT2D eigenvalue weighted by atomic mass is 10.0. The third-order valence-corrected chi connectivity index (χ3v) is 3.14. The molecule has 2 heterocycles. The van der Waals surface area contributed by atoms with Crippen molar-refractivity contribution in [3.05, 3.63) is 27.9 Å². The normalized spacial score (nSPS) is 31.8. The first kappa shape index (κ1) is 13.2. The first-order valence-corrected chi connectivity index (χ1v) is 5.61. The maximum absolute atomic E-state index is 11.1. The van der Waals surface area contributed by atoms with Crippen molar-refractivity contribution in [1.82, 2.24) is 9.97 Å². The van der Waals surface area contributed by atoms with Gasteiger partial charge in [0.25, 0.3) is 0 Å². The number of H-pyrrole nitrogens is 1. The Labute approximate surface area is 103 Å². The molecule has 100 valence electrons. The fourth-order valence-corrected chi connectivity index (χ4v) is 2.18. The fourth-order valence-electron chi connectivity index (χ4n) is 2.18. The van der Waals surface area contributed by atoms with E-state index in [1.54, 1.807) is 6.92 Å². The Morgan fingerprint density at radius 3 is 2.89 bits per heavy atom. The third kappa shape index (κ3) is 2.17. The van der Waals surface area contributed by atoms with E-state index in [0.29, 0.717) is 11.3 Å². The van der Waals surface area contributed by atoms with Gasteiger partial charge >= 0.3 is 5.69 Å². The molecular weight excluding hydrogens is 240 g/mol. The zero-order chi connectivity index (χ0) is 13.3. The Morgan fingerprint density at radius 2 is 2.33 bits per heavy atom. The number of nitrogens with one attached hydrogen (secondary N) is 1. The van der Waals surface area contributed by atoms with Gasteiger partial charge in [-0.25, -0.2) is 9.78 Å². The summed E-state index contributed by atoms with van der Waals surface area (Å²) in [5.41, 5.74) is 0.798. The van der Waals surface area contributed by atoms with E-state index in [0.717, 1.165) is 0 Å². The standard InChI is InChI=1S/C11H16N2O5/c1-5-6(3-12-11(16)13-5)9-10(17-2)8(15)7(4-14)18-9/h3,7-10,14-15H,4H2,1-2H3,(H,12,13,16)/t7-,8?,9+,10?/m1/s1. The van der Waals surface area contributed by atoms with Crippen LogP contribution in [0.25, 0.3) is 0 Å². The number of ether oxygens (including phenoxy) is 2. The highest BCUT2D eigenvalue weighted by Crippen LogP contribution is 2.35. The molecule has 2 unspecified atom stereocenters. The van der Waals surface area contributed by atoms with E-state index in [1.807, 2.05) is 0 Å². The molecule has 2 rings (SSSR count). The highest BCUT2D eigenvalue weighted by molar-refractivity contribution is 5.21.